The van der Waals surface area contributed by atoms with Gasteiger partial charge in [0.2, 0.25) is 0 Å². The first-order valence-corrected chi connectivity index (χ1v) is 22.3. The molecule has 0 amide bonds. The molecule has 294 valence electrons. The van der Waals surface area contributed by atoms with Crippen molar-refractivity contribution in [1.82, 2.24) is 0 Å². The topological polar surface area (TPSA) is 16.4 Å². The molecule has 2 nitrogen and oxygen atoms in total. The van der Waals surface area contributed by atoms with E-state index in [1.807, 2.05) is 17.4 Å². The van der Waals surface area contributed by atoms with Crippen LogP contribution >= 0.6 is 11.3 Å². The van der Waals surface area contributed by atoms with E-state index in [0.717, 1.165) is 39.0 Å². The Morgan fingerprint density at radius 2 is 0.778 bits per heavy atom. The normalized spacial score (nSPS) is 11.8. The third kappa shape index (κ3) is 5.71. The maximum absolute atomic E-state index is 6.52. The number of rotatable bonds is 4. The van der Waals surface area contributed by atoms with Crippen LogP contribution in [-0.4, -0.2) is 0 Å². The number of hydrogen-bond donors (Lipinski definition) is 0. The summed E-state index contributed by atoms with van der Waals surface area (Å²) in [4.78, 5) is 2.42. The molecule has 3 heteroatoms. The van der Waals surface area contributed by atoms with E-state index in [-0.39, 0.29) is 0 Å². The average Bonchev–Trinajstić information content (AvgIpc) is 3.92. The third-order valence-electron chi connectivity index (χ3n) is 12.9. The SMILES string of the molecule is c1ccc(-c2ccc(N(c3ccc4c(c3)c3ccccc3c3ccccc3c3ccccc3c3cc5c(cc43)sc3ccccc35)c3cccc4oc5ccccc5c34)cc2)cc1. The highest BCUT2D eigenvalue weighted by molar-refractivity contribution is 7.25. The summed E-state index contributed by atoms with van der Waals surface area (Å²) >= 11 is 1.87. The van der Waals surface area contributed by atoms with E-state index in [4.69, 9.17) is 4.42 Å². The first-order valence-electron chi connectivity index (χ1n) is 21.5. The highest BCUT2D eigenvalue weighted by Gasteiger charge is 2.21. The Kier molecular flexibility index (Phi) is 8.12. The number of para-hydroxylation sites is 1. The van der Waals surface area contributed by atoms with Crippen LogP contribution < -0.4 is 4.90 Å². The summed E-state index contributed by atoms with van der Waals surface area (Å²) < 4.78 is 9.10. The Morgan fingerprint density at radius 1 is 0.286 bits per heavy atom. The van der Waals surface area contributed by atoms with Crippen LogP contribution in [0.25, 0.3) is 107 Å². The monoisotopic (exact) mass is 819 g/mol. The molecule has 0 saturated heterocycles. The minimum absolute atomic E-state index is 0.862. The van der Waals surface area contributed by atoms with Crippen molar-refractivity contribution in [3.8, 4) is 11.1 Å². The van der Waals surface area contributed by atoms with Gasteiger partial charge in [-0.1, -0.05) is 164 Å². The lowest BCUT2D eigenvalue weighted by atomic mass is 9.93. The lowest BCUT2D eigenvalue weighted by Gasteiger charge is -2.27. The molecule has 0 saturated carbocycles. The van der Waals surface area contributed by atoms with Crippen LogP contribution in [0, 0.1) is 0 Å². The van der Waals surface area contributed by atoms with Gasteiger partial charge in [0, 0.05) is 36.9 Å². The molecular formula is C60H37NOS. The van der Waals surface area contributed by atoms with Crippen molar-refractivity contribution in [3.63, 3.8) is 0 Å². The number of benzene rings is 10. The fraction of sp³-hybridized carbons (Fsp3) is 0. The van der Waals surface area contributed by atoms with Crippen molar-refractivity contribution in [2.45, 2.75) is 0 Å². The molecule has 0 N–H and O–H groups in total. The van der Waals surface area contributed by atoms with Crippen molar-refractivity contribution in [1.29, 1.82) is 0 Å². The molecule has 0 spiro atoms. The predicted octanol–water partition coefficient (Wildman–Crippen LogP) is 18.0. The summed E-state index contributed by atoms with van der Waals surface area (Å²) in [6, 6.07) is 82.1. The first kappa shape index (κ1) is 35.7. The Bertz CT molecular complexity index is 4030. The van der Waals surface area contributed by atoms with Gasteiger partial charge >= 0.3 is 0 Å². The fourth-order valence-electron chi connectivity index (χ4n) is 10.0. The molecule has 0 aliphatic rings. The van der Waals surface area contributed by atoms with Gasteiger partial charge in [0.1, 0.15) is 11.2 Å². The van der Waals surface area contributed by atoms with Gasteiger partial charge in [-0.05, 0) is 126 Å². The van der Waals surface area contributed by atoms with Gasteiger partial charge in [-0.15, -0.1) is 11.3 Å². The van der Waals surface area contributed by atoms with Crippen LogP contribution in [0.1, 0.15) is 0 Å². The molecule has 0 unspecified atom stereocenters. The van der Waals surface area contributed by atoms with Crippen LogP contribution in [0.4, 0.5) is 17.1 Å². The van der Waals surface area contributed by atoms with Crippen molar-refractivity contribution >= 4 is 124 Å². The summed E-state index contributed by atoms with van der Waals surface area (Å²) in [6.45, 7) is 0. The summed E-state index contributed by atoms with van der Waals surface area (Å²) in [6.07, 6.45) is 0. The molecule has 2 heterocycles. The maximum Gasteiger partial charge on any atom is 0.137 e. The predicted molar refractivity (Wildman–Crippen MR) is 272 cm³/mol. The molecule has 13 rings (SSSR count). The quantitative estimate of drug-likeness (QED) is 0.176. The molecule has 0 fully saturated rings. The molecule has 2 aromatic heterocycles. The number of hydrogen-bond acceptors (Lipinski definition) is 3. The molecule has 0 bridgehead atoms. The second-order valence-electron chi connectivity index (χ2n) is 16.4. The largest absolute Gasteiger partial charge is 0.456 e. The summed E-state index contributed by atoms with van der Waals surface area (Å²) in [7, 11) is 0. The lowest BCUT2D eigenvalue weighted by molar-refractivity contribution is 0.669. The molecule has 0 atom stereocenters. The fourth-order valence-corrected chi connectivity index (χ4v) is 11.1. The van der Waals surface area contributed by atoms with E-state index in [9.17, 15) is 0 Å². The Hall–Kier alpha value is -7.98. The molecule has 63 heavy (non-hydrogen) atoms. The van der Waals surface area contributed by atoms with Crippen molar-refractivity contribution < 1.29 is 4.42 Å². The first-order chi connectivity index (χ1) is 31.2. The third-order valence-corrected chi connectivity index (χ3v) is 14.0. The van der Waals surface area contributed by atoms with E-state index in [2.05, 4.69) is 223 Å². The van der Waals surface area contributed by atoms with Crippen LogP contribution in [-0.2, 0) is 0 Å². The van der Waals surface area contributed by atoms with Gasteiger partial charge in [-0.2, -0.15) is 0 Å². The zero-order valence-electron chi connectivity index (χ0n) is 34.1. The van der Waals surface area contributed by atoms with E-state index in [0.29, 0.717) is 0 Å². The van der Waals surface area contributed by atoms with E-state index in [1.54, 1.807) is 0 Å². The maximum atomic E-state index is 6.52. The number of thiophene rings is 1. The zero-order valence-corrected chi connectivity index (χ0v) is 34.9. The van der Waals surface area contributed by atoms with Gasteiger partial charge < -0.3 is 9.32 Å². The van der Waals surface area contributed by atoms with E-state index >= 15 is 0 Å². The standard InChI is InChI=1S/C60H37NOS/c1-2-15-38(16-3-1)39-29-31-40(32-30-39)61(55-25-14-27-57-60(55)50-24-10-12-26-56(50)62-57)41-33-34-48-51(35-41)46-21-8-6-19-44(46)42-17-4-5-18-43(42)45-20-7-9-22-47(45)52-36-54-49-23-11-13-28-58(49)63-59(54)37-53(48)52/h1-37H. The van der Waals surface area contributed by atoms with Crippen molar-refractivity contribution in [3.05, 3.63) is 224 Å². The number of nitrogens with zero attached hydrogens (tertiary/aromatic N) is 1. The van der Waals surface area contributed by atoms with Gasteiger partial charge in [0.25, 0.3) is 0 Å². The van der Waals surface area contributed by atoms with Gasteiger partial charge in [0.15, 0.2) is 0 Å². The number of anilines is 3. The highest BCUT2D eigenvalue weighted by Crippen LogP contribution is 2.46. The van der Waals surface area contributed by atoms with Gasteiger partial charge in [-0.25, -0.2) is 0 Å². The van der Waals surface area contributed by atoms with Crippen LogP contribution in [0.5, 0.6) is 0 Å². The Morgan fingerprint density at radius 3 is 1.46 bits per heavy atom. The summed E-state index contributed by atoms with van der Waals surface area (Å²) in [5.74, 6) is 0. The number of fused-ring (bicyclic) bond motifs is 16. The van der Waals surface area contributed by atoms with E-state index < -0.39 is 0 Å². The molecule has 0 aliphatic heterocycles. The second kappa shape index (κ2) is 14.3. The summed E-state index contributed by atoms with van der Waals surface area (Å²) in [5, 5.41) is 16.9. The highest BCUT2D eigenvalue weighted by atomic mass is 32.1. The molecular weight excluding hydrogens is 783 g/mol. The molecule has 13 aromatic rings. The smallest absolute Gasteiger partial charge is 0.137 e. The van der Waals surface area contributed by atoms with Crippen LogP contribution in [0.3, 0.4) is 0 Å². The molecule has 0 radical (unpaired) electrons. The van der Waals surface area contributed by atoms with Crippen molar-refractivity contribution in [2.75, 3.05) is 4.90 Å². The number of furan rings is 1. The average molecular weight is 820 g/mol. The van der Waals surface area contributed by atoms with Crippen molar-refractivity contribution in [2.24, 2.45) is 0 Å². The Labute approximate surface area is 367 Å². The van der Waals surface area contributed by atoms with Gasteiger partial charge in [-0.3, -0.25) is 0 Å². The van der Waals surface area contributed by atoms with Crippen LogP contribution in [0.15, 0.2) is 229 Å². The minimum atomic E-state index is 0.862. The Balaban J connectivity index is 1.20. The van der Waals surface area contributed by atoms with Gasteiger partial charge in [0.05, 0.1) is 11.1 Å². The second-order valence-corrected chi connectivity index (χ2v) is 17.4. The molecule has 0 aliphatic carbocycles. The van der Waals surface area contributed by atoms with E-state index in [1.165, 1.54) is 85.2 Å². The minimum Gasteiger partial charge on any atom is -0.456 e. The van der Waals surface area contributed by atoms with Crippen LogP contribution in [0.2, 0.25) is 0 Å². The lowest BCUT2D eigenvalue weighted by Crippen LogP contribution is -2.10. The zero-order chi connectivity index (χ0) is 41.4. The summed E-state index contributed by atoms with van der Waals surface area (Å²) in [5.41, 5.74) is 7.29. The molecule has 11 aromatic carbocycles.